The van der Waals surface area contributed by atoms with E-state index in [-0.39, 0.29) is 24.3 Å². The highest BCUT2D eigenvalue weighted by Gasteiger charge is 2.22. The third-order valence-electron chi connectivity index (χ3n) is 4.59. The van der Waals surface area contributed by atoms with Gasteiger partial charge in [0.25, 0.3) is 0 Å². The van der Waals surface area contributed by atoms with Crippen molar-refractivity contribution in [3.8, 4) is 5.75 Å². The number of aromatic nitrogens is 1. The monoisotopic (exact) mass is 415 g/mol. The second-order valence-corrected chi connectivity index (χ2v) is 7.68. The standard InChI is InChI=1S/C21H25N3O4S/c1-2-27-19(25)12-17-14-29-21(23-17)24-22-13-15-8-10-18(11-9-15)28-20(26)16-6-4-3-5-7-16/h8-11,13-14,16H,2-7,12H2,1H3,(H,23,24). The summed E-state index contributed by atoms with van der Waals surface area (Å²) in [6.07, 6.45) is 7.06. The lowest BCUT2D eigenvalue weighted by Crippen LogP contribution is -2.22. The Hall–Kier alpha value is -2.74. The molecule has 1 fully saturated rings. The van der Waals surface area contributed by atoms with Crippen molar-refractivity contribution < 1.29 is 19.1 Å². The van der Waals surface area contributed by atoms with Gasteiger partial charge in [0.05, 0.1) is 30.9 Å². The van der Waals surface area contributed by atoms with Crippen molar-refractivity contribution in [2.24, 2.45) is 11.0 Å². The summed E-state index contributed by atoms with van der Waals surface area (Å²) in [6.45, 7) is 2.13. The molecular weight excluding hydrogens is 390 g/mol. The van der Waals surface area contributed by atoms with Crippen molar-refractivity contribution >= 4 is 34.6 Å². The molecule has 1 aliphatic rings. The smallest absolute Gasteiger partial charge is 0.314 e. The topological polar surface area (TPSA) is 89.9 Å². The minimum Gasteiger partial charge on any atom is -0.466 e. The van der Waals surface area contributed by atoms with Crippen molar-refractivity contribution in [2.75, 3.05) is 12.0 Å². The van der Waals surface area contributed by atoms with Crippen LogP contribution < -0.4 is 10.2 Å². The van der Waals surface area contributed by atoms with E-state index >= 15 is 0 Å². The van der Waals surface area contributed by atoms with E-state index in [1.165, 1.54) is 17.8 Å². The quantitative estimate of drug-likeness (QED) is 0.301. The molecule has 1 aromatic carbocycles. The highest BCUT2D eigenvalue weighted by Crippen LogP contribution is 2.25. The van der Waals surface area contributed by atoms with Gasteiger partial charge in [-0.3, -0.25) is 15.0 Å². The van der Waals surface area contributed by atoms with Gasteiger partial charge in [0.1, 0.15) is 5.75 Å². The summed E-state index contributed by atoms with van der Waals surface area (Å²) in [5.41, 5.74) is 4.36. The number of anilines is 1. The van der Waals surface area contributed by atoms with Crippen LogP contribution in [-0.2, 0) is 20.7 Å². The van der Waals surface area contributed by atoms with Gasteiger partial charge in [-0.25, -0.2) is 4.98 Å². The van der Waals surface area contributed by atoms with E-state index in [2.05, 4.69) is 15.5 Å². The molecule has 1 aliphatic carbocycles. The second kappa shape index (κ2) is 10.7. The van der Waals surface area contributed by atoms with Gasteiger partial charge >= 0.3 is 11.9 Å². The first kappa shape index (κ1) is 21.0. The zero-order valence-corrected chi connectivity index (χ0v) is 17.2. The highest BCUT2D eigenvalue weighted by atomic mass is 32.1. The van der Waals surface area contributed by atoms with E-state index in [0.29, 0.717) is 23.2 Å². The van der Waals surface area contributed by atoms with Crippen LogP contribution in [0.4, 0.5) is 5.13 Å². The maximum Gasteiger partial charge on any atom is 0.314 e. The van der Waals surface area contributed by atoms with E-state index in [1.54, 1.807) is 30.7 Å². The number of hydrazone groups is 1. The first-order valence-electron chi connectivity index (χ1n) is 9.85. The number of rotatable bonds is 8. The third-order valence-corrected chi connectivity index (χ3v) is 5.39. The number of benzene rings is 1. The number of hydrogen-bond donors (Lipinski definition) is 1. The van der Waals surface area contributed by atoms with E-state index in [9.17, 15) is 9.59 Å². The maximum atomic E-state index is 12.2. The van der Waals surface area contributed by atoms with Crippen LogP contribution in [0.15, 0.2) is 34.7 Å². The minimum atomic E-state index is -0.294. The van der Waals surface area contributed by atoms with Gasteiger partial charge in [0.15, 0.2) is 0 Å². The molecule has 154 valence electrons. The van der Waals surface area contributed by atoms with E-state index in [0.717, 1.165) is 31.2 Å². The van der Waals surface area contributed by atoms with Gasteiger partial charge in [0, 0.05) is 5.38 Å². The van der Waals surface area contributed by atoms with Crippen molar-refractivity contribution in [1.82, 2.24) is 4.98 Å². The predicted octanol–water partition coefficient (Wildman–Crippen LogP) is 4.18. The van der Waals surface area contributed by atoms with Crippen LogP contribution in [0, 0.1) is 5.92 Å². The fraction of sp³-hybridized carbons (Fsp3) is 0.429. The van der Waals surface area contributed by atoms with Gasteiger partial charge in [-0.15, -0.1) is 11.3 Å². The number of nitrogens with one attached hydrogen (secondary N) is 1. The van der Waals surface area contributed by atoms with Crippen LogP contribution in [0.25, 0.3) is 0 Å². The fourth-order valence-corrected chi connectivity index (χ4v) is 3.78. The Morgan fingerprint density at radius 3 is 2.72 bits per heavy atom. The van der Waals surface area contributed by atoms with Crippen molar-refractivity contribution in [1.29, 1.82) is 0 Å². The lowest BCUT2D eigenvalue weighted by molar-refractivity contribution is -0.142. The summed E-state index contributed by atoms with van der Waals surface area (Å²) < 4.78 is 10.4. The Labute approximate surface area is 174 Å². The summed E-state index contributed by atoms with van der Waals surface area (Å²) in [4.78, 5) is 27.9. The molecule has 1 N–H and O–H groups in total. The number of thiazole rings is 1. The number of esters is 2. The summed E-state index contributed by atoms with van der Waals surface area (Å²) in [5, 5.41) is 6.55. The molecular formula is C21H25N3O4S. The normalized spacial score (nSPS) is 14.7. The molecule has 0 radical (unpaired) electrons. The molecule has 0 aliphatic heterocycles. The summed E-state index contributed by atoms with van der Waals surface area (Å²) in [6, 6.07) is 7.21. The molecule has 0 unspecified atom stereocenters. The van der Waals surface area contributed by atoms with Crippen molar-refractivity contribution in [3.63, 3.8) is 0 Å². The Kier molecular flexibility index (Phi) is 7.75. The van der Waals surface area contributed by atoms with Gasteiger partial charge in [-0.2, -0.15) is 5.10 Å². The molecule has 29 heavy (non-hydrogen) atoms. The van der Waals surface area contributed by atoms with E-state index in [1.807, 2.05) is 12.1 Å². The number of hydrogen-bond acceptors (Lipinski definition) is 8. The molecule has 1 aromatic heterocycles. The van der Waals surface area contributed by atoms with Gasteiger partial charge in [-0.05, 0) is 49.6 Å². The van der Waals surface area contributed by atoms with Crippen LogP contribution in [0.5, 0.6) is 5.75 Å². The van der Waals surface area contributed by atoms with Gasteiger partial charge < -0.3 is 9.47 Å². The molecule has 0 saturated heterocycles. The third kappa shape index (κ3) is 6.67. The van der Waals surface area contributed by atoms with E-state index < -0.39 is 0 Å². The lowest BCUT2D eigenvalue weighted by atomic mass is 9.89. The summed E-state index contributed by atoms with van der Waals surface area (Å²) in [5.74, 6) is 0.155. The van der Waals surface area contributed by atoms with Crippen molar-refractivity contribution in [2.45, 2.75) is 45.4 Å². The Morgan fingerprint density at radius 2 is 2.00 bits per heavy atom. The molecule has 0 amide bonds. The lowest BCUT2D eigenvalue weighted by Gasteiger charge is -2.19. The van der Waals surface area contributed by atoms with Gasteiger partial charge in [0.2, 0.25) is 5.13 Å². The number of carbonyl (C=O) groups excluding carboxylic acids is 2. The molecule has 8 heteroatoms. The minimum absolute atomic E-state index is 0.0289. The molecule has 1 saturated carbocycles. The summed E-state index contributed by atoms with van der Waals surface area (Å²) >= 11 is 1.37. The number of ether oxygens (including phenoxy) is 2. The van der Waals surface area contributed by atoms with Crippen LogP contribution in [-0.4, -0.2) is 29.7 Å². The fourth-order valence-electron chi connectivity index (χ4n) is 3.12. The molecule has 1 heterocycles. The van der Waals surface area contributed by atoms with E-state index in [4.69, 9.17) is 9.47 Å². The average Bonchev–Trinajstić information content (AvgIpc) is 3.17. The molecule has 7 nitrogen and oxygen atoms in total. The SMILES string of the molecule is CCOC(=O)Cc1csc(NN=Cc2ccc(OC(=O)C3CCCCC3)cc2)n1. The first-order chi connectivity index (χ1) is 14.1. The molecule has 3 rings (SSSR count). The van der Waals surface area contributed by atoms with Crippen LogP contribution in [0.1, 0.15) is 50.3 Å². The zero-order valence-electron chi connectivity index (χ0n) is 16.4. The first-order valence-corrected chi connectivity index (χ1v) is 10.7. The Bertz CT molecular complexity index is 842. The molecule has 0 spiro atoms. The van der Waals surface area contributed by atoms with Crippen LogP contribution in [0.2, 0.25) is 0 Å². The number of carbonyl (C=O) groups is 2. The largest absolute Gasteiger partial charge is 0.466 e. The zero-order chi connectivity index (χ0) is 20.5. The maximum absolute atomic E-state index is 12.2. The second-order valence-electron chi connectivity index (χ2n) is 6.82. The highest BCUT2D eigenvalue weighted by molar-refractivity contribution is 7.13. The molecule has 2 aromatic rings. The van der Waals surface area contributed by atoms with Crippen LogP contribution in [0.3, 0.4) is 0 Å². The van der Waals surface area contributed by atoms with Crippen LogP contribution >= 0.6 is 11.3 Å². The molecule has 0 bridgehead atoms. The Morgan fingerprint density at radius 1 is 1.24 bits per heavy atom. The van der Waals surface area contributed by atoms with Gasteiger partial charge in [-0.1, -0.05) is 19.3 Å². The summed E-state index contributed by atoms with van der Waals surface area (Å²) in [7, 11) is 0. The molecule has 0 atom stereocenters. The Balaban J connectivity index is 1.47. The number of nitrogens with zero attached hydrogens (tertiary/aromatic N) is 2. The average molecular weight is 416 g/mol. The predicted molar refractivity (Wildman–Crippen MR) is 112 cm³/mol. The van der Waals surface area contributed by atoms with Crippen molar-refractivity contribution in [3.05, 3.63) is 40.9 Å².